The van der Waals surface area contributed by atoms with E-state index in [4.69, 9.17) is 9.47 Å². The Morgan fingerprint density at radius 3 is 2.68 bits per heavy atom. The van der Waals surface area contributed by atoms with Crippen molar-refractivity contribution in [2.75, 3.05) is 31.7 Å². The predicted molar refractivity (Wildman–Crippen MR) is 118 cm³/mol. The number of ether oxygens (including phenoxy) is 2. The maximum absolute atomic E-state index is 12.7. The Hall–Kier alpha value is -2.64. The van der Waals surface area contributed by atoms with E-state index in [0.717, 1.165) is 30.6 Å². The number of amides is 2. The standard InChI is InChI=1S/C24H31N3O4/c1-18-5-4-14-27(18)23(28)26(2)20-10-8-19(9-11-20)17-31-22-7-3-6-21(25-22)24(29)12-15-30-16-13-24/h3,6-11,18,29H,4-5,12-17H2,1-2H3/t18-/m0/s1. The van der Waals surface area contributed by atoms with E-state index in [0.29, 0.717) is 50.3 Å². The number of rotatable bonds is 5. The van der Waals surface area contributed by atoms with Crippen molar-refractivity contribution in [3.63, 3.8) is 0 Å². The van der Waals surface area contributed by atoms with E-state index >= 15 is 0 Å². The summed E-state index contributed by atoms with van der Waals surface area (Å²) >= 11 is 0. The van der Waals surface area contributed by atoms with Crippen molar-refractivity contribution in [1.82, 2.24) is 9.88 Å². The van der Waals surface area contributed by atoms with Crippen molar-refractivity contribution < 1.29 is 19.4 Å². The maximum atomic E-state index is 12.7. The minimum atomic E-state index is -0.955. The van der Waals surface area contributed by atoms with Crippen LogP contribution in [0.3, 0.4) is 0 Å². The molecule has 0 unspecified atom stereocenters. The topological polar surface area (TPSA) is 75.1 Å². The first-order chi connectivity index (χ1) is 15.0. The third-order valence-electron chi connectivity index (χ3n) is 6.32. The molecule has 2 saturated heterocycles. The van der Waals surface area contributed by atoms with E-state index in [1.54, 1.807) is 11.0 Å². The lowest BCUT2D eigenvalue weighted by molar-refractivity contribution is -0.0708. The summed E-state index contributed by atoms with van der Waals surface area (Å²) in [5.41, 5.74) is 1.51. The summed E-state index contributed by atoms with van der Waals surface area (Å²) in [7, 11) is 1.81. The molecule has 1 aromatic heterocycles. The molecule has 2 aliphatic rings. The van der Waals surface area contributed by atoms with E-state index in [-0.39, 0.29) is 6.03 Å². The number of benzene rings is 1. The zero-order valence-corrected chi connectivity index (χ0v) is 18.3. The molecule has 0 bridgehead atoms. The summed E-state index contributed by atoms with van der Waals surface area (Å²) in [5, 5.41) is 10.8. The fourth-order valence-electron chi connectivity index (χ4n) is 4.21. The van der Waals surface area contributed by atoms with Crippen LogP contribution in [0, 0.1) is 0 Å². The lowest BCUT2D eigenvalue weighted by atomic mass is 9.90. The van der Waals surface area contributed by atoms with Crippen LogP contribution in [0.2, 0.25) is 0 Å². The minimum Gasteiger partial charge on any atom is -0.473 e. The molecule has 0 spiro atoms. The van der Waals surface area contributed by atoms with Crippen molar-refractivity contribution in [1.29, 1.82) is 0 Å². The Balaban J connectivity index is 1.36. The van der Waals surface area contributed by atoms with Gasteiger partial charge in [-0.3, -0.25) is 4.90 Å². The molecule has 2 amide bonds. The van der Waals surface area contributed by atoms with Gasteiger partial charge in [0.2, 0.25) is 5.88 Å². The zero-order valence-electron chi connectivity index (χ0n) is 18.3. The van der Waals surface area contributed by atoms with Crippen LogP contribution in [0.15, 0.2) is 42.5 Å². The minimum absolute atomic E-state index is 0.0426. The molecule has 1 N–H and O–H groups in total. The molecule has 2 fully saturated rings. The summed E-state index contributed by atoms with van der Waals surface area (Å²) in [6.07, 6.45) is 3.20. The number of hydrogen-bond acceptors (Lipinski definition) is 5. The second-order valence-corrected chi connectivity index (χ2v) is 8.49. The van der Waals surface area contributed by atoms with Crippen LogP contribution in [0.1, 0.15) is 43.9 Å². The van der Waals surface area contributed by atoms with Gasteiger partial charge in [-0.1, -0.05) is 18.2 Å². The van der Waals surface area contributed by atoms with Gasteiger partial charge in [0.1, 0.15) is 12.2 Å². The normalized spacial score (nSPS) is 20.5. The molecule has 166 valence electrons. The number of pyridine rings is 1. The molecular formula is C24H31N3O4. The van der Waals surface area contributed by atoms with Gasteiger partial charge >= 0.3 is 6.03 Å². The van der Waals surface area contributed by atoms with Crippen molar-refractivity contribution in [3.8, 4) is 5.88 Å². The van der Waals surface area contributed by atoms with Crippen LogP contribution in [0.5, 0.6) is 5.88 Å². The number of aromatic nitrogens is 1. The molecule has 0 radical (unpaired) electrons. The van der Waals surface area contributed by atoms with Crippen LogP contribution in [0.4, 0.5) is 10.5 Å². The highest BCUT2D eigenvalue weighted by atomic mass is 16.5. The zero-order chi connectivity index (χ0) is 21.8. The number of carbonyl (C=O) groups excluding carboxylic acids is 1. The quantitative estimate of drug-likeness (QED) is 0.791. The molecule has 1 aromatic carbocycles. The Bertz CT molecular complexity index is 896. The van der Waals surface area contributed by atoms with Crippen LogP contribution in [-0.2, 0) is 16.9 Å². The van der Waals surface area contributed by atoms with Gasteiger partial charge < -0.3 is 19.5 Å². The number of aliphatic hydroxyl groups is 1. The average molecular weight is 426 g/mol. The van der Waals surface area contributed by atoms with Gasteiger partial charge in [0.25, 0.3) is 0 Å². The van der Waals surface area contributed by atoms with E-state index in [2.05, 4.69) is 11.9 Å². The van der Waals surface area contributed by atoms with Crippen LogP contribution >= 0.6 is 0 Å². The molecule has 2 aliphatic heterocycles. The third kappa shape index (κ3) is 4.83. The number of likely N-dealkylation sites (tertiary alicyclic amines) is 1. The first kappa shape index (κ1) is 21.6. The van der Waals surface area contributed by atoms with E-state index in [9.17, 15) is 9.90 Å². The van der Waals surface area contributed by atoms with Crippen LogP contribution in [0.25, 0.3) is 0 Å². The second kappa shape index (κ2) is 9.24. The molecule has 1 atom stereocenters. The fraction of sp³-hybridized carbons (Fsp3) is 0.500. The van der Waals surface area contributed by atoms with Gasteiger partial charge in [0.05, 0.1) is 5.69 Å². The van der Waals surface area contributed by atoms with Crippen LogP contribution < -0.4 is 9.64 Å². The Labute approximate surface area is 183 Å². The van der Waals surface area contributed by atoms with Crippen LogP contribution in [-0.4, -0.2) is 53.9 Å². The first-order valence-corrected chi connectivity index (χ1v) is 11.0. The lowest BCUT2D eigenvalue weighted by Crippen LogP contribution is -2.42. The van der Waals surface area contributed by atoms with Gasteiger partial charge in [0, 0.05) is 57.4 Å². The van der Waals surface area contributed by atoms with Gasteiger partial charge in [-0.25, -0.2) is 9.78 Å². The number of carbonyl (C=O) groups is 1. The Morgan fingerprint density at radius 2 is 2.00 bits per heavy atom. The van der Waals surface area contributed by atoms with Crippen molar-refractivity contribution >= 4 is 11.7 Å². The number of nitrogens with zero attached hydrogens (tertiary/aromatic N) is 3. The Morgan fingerprint density at radius 1 is 1.26 bits per heavy atom. The molecular weight excluding hydrogens is 394 g/mol. The second-order valence-electron chi connectivity index (χ2n) is 8.49. The average Bonchev–Trinajstić information content (AvgIpc) is 3.23. The Kier molecular flexibility index (Phi) is 6.43. The fourth-order valence-corrected chi connectivity index (χ4v) is 4.21. The molecule has 0 saturated carbocycles. The number of hydrogen-bond donors (Lipinski definition) is 1. The molecule has 4 rings (SSSR count). The summed E-state index contributed by atoms with van der Waals surface area (Å²) in [6.45, 7) is 4.35. The largest absolute Gasteiger partial charge is 0.473 e. The summed E-state index contributed by atoms with van der Waals surface area (Å²) in [4.78, 5) is 20.9. The van der Waals surface area contributed by atoms with Crippen molar-refractivity contribution in [2.45, 2.75) is 50.9 Å². The SMILES string of the molecule is C[C@H]1CCCN1C(=O)N(C)c1ccc(COc2cccc(C3(O)CCOCC3)n2)cc1. The first-order valence-electron chi connectivity index (χ1n) is 11.0. The van der Waals surface area contributed by atoms with E-state index < -0.39 is 5.60 Å². The van der Waals surface area contributed by atoms with E-state index in [1.165, 1.54) is 0 Å². The monoisotopic (exact) mass is 425 g/mol. The summed E-state index contributed by atoms with van der Waals surface area (Å²) in [6, 6.07) is 13.6. The molecule has 31 heavy (non-hydrogen) atoms. The van der Waals surface area contributed by atoms with Gasteiger partial charge in [-0.2, -0.15) is 0 Å². The highest BCUT2D eigenvalue weighted by molar-refractivity contribution is 5.91. The lowest BCUT2D eigenvalue weighted by Gasteiger charge is -2.31. The number of anilines is 1. The molecule has 0 aliphatic carbocycles. The van der Waals surface area contributed by atoms with Crippen molar-refractivity contribution in [2.24, 2.45) is 0 Å². The molecule has 2 aromatic rings. The predicted octanol–water partition coefficient (Wildman–Crippen LogP) is 3.70. The smallest absolute Gasteiger partial charge is 0.324 e. The molecule has 3 heterocycles. The number of urea groups is 1. The maximum Gasteiger partial charge on any atom is 0.324 e. The van der Waals surface area contributed by atoms with Crippen molar-refractivity contribution in [3.05, 3.63) is 53.7 Å². The molecule has 7 nitrogen and oxygen atoms in total. The van der Waals surface area contributed by atoms with Gasteiger partial charge in [-0.15, -0.1) is 0 Å². The highest BCUT2D eigenvalue weighted by Gasteiger charge is 2.33. The van der Waals surface area contributed by atoms with Gasteiger partial charge in [-0.05, 0) is 43.5 Å². The van der Waals surface area contributed by atoms with Gasteiger partial charge in [0.15, 0.2) is 0 Å². The summed E-state index contributed by atoms with van der Waals surface area (Å²) < 4.78 is 11.2. The third-order valence-corrected chi connectivity index (χ3v) is 6.32. The summed E-state index contributed by atoms with van der Waals surface area (Å²) in [5.74, 6) is 0.483. The molecule has 7 heteroatoms. The van der Waals surface area contributed by atoms with E-state index in [1.807, 2.05) is 48.3 Å². The highest BCUT2D eigenvalue weighted by Crippen LogP contribution is 2.31.